The second-order valence-corrected chi connectivity index (χ2v) is 5.19. The van der Waals surface area contributed by atoms with Gasteiger partial charge in [-0.3, -0.25) is 0 Å². The summed E-state index contributed by atoms with van der Waals surface area (Å²) in [6.07, 6.45) is 0. The van der Waals surface area contributed by atoms with E-state index in [1.54, 1.807) is 5.04 Å². The average Bonchev–Trinajstić information content (AvgIpc) is 2.30. The topological polar surface area (TPSA) is 3.01 Å². The van der Waals surface area contributed by atoms with Crippen LogP contribution in [0.4, 0.5) is 0 Å². The van der Waals surface area contributed by atoms with E-state index in [9.17, 15) is 0 Å². The van der Waals surface area contributed by atoms with Crippen LogP contribution in [0, 0.1) is 5.92 Å². The minimum absolute atomic E-state index is 0.660. The summed E-state index contributed by atoms with van der Waals surface area (Å²) in [5.74, 6) is 1.97. The maximum atomic E-state index is 2.56. The molecule has 0 N–H and O–H groups in total. The molecule has 12 heavy (non-hydrogen) atoms. The molecule has 0 aromatic carbocycles. The summed E-state index contributed by atoms with van der Waals surface area (Å²) in [6, 6.07) is 1.39. The van der Waals surface area contributed by atoms with Crippen molar-refractivity contribution in [2.75, 3.05) is 5.75 Å². The highest BCUT2D eigenvalue weighted by molar-refractivity contribution is 8.13. The van der Waals surface area contributed by atoms with Crippen LogP contribution in [0.2, 0.25) is 0 Å². The predicted molar refractivity (Wildman–Crippen MR) is 57.2 cm³/mol. The molecule has 0 spiro atoms. The van der Waals surface area contributed by atoms with Crippen LogP contribution < -0.4 is 0 Å². The van der Waals surface area contributed by atoms with Crippen LogP contribution >= 0.6 is 11.8 Å². The van der Waals surface area contributed by atoms with Crippen LogP contribution in [0.25, 0.3) is 0 Å². The van der Waals surface area contributed by atoms with E-state index in [1.807, 2.05) is 11.8 Å². The fourth-order valence-electron chi connectivity index (χ4n) is 1.81. The third-order valence-corrected chi connectivity index (χ3v) is 3.88. The van der Waals surface area contributed by atoms with Gasteiger partial charge in [0.15, 0.2) is 6.04 Å². The van der Waals surface area contributed by atoms with Gasteiger partial charge in [-0.05, 0) is 20.8 Å². The Morgan fingerprint density at radius 2 is 1.92 bits per heavy atom. The molecule has 0 radical (unpaired) electrons. The molecule has 0 amide bonds. The van der Waals surface area contributed by atoms with Crippen molar-refractivity contribution in [3.63, 3.8) is 0 Å². The molecular formula is C10H20NS+. The lowest BCUT2D eigenvalue weighted by molar-refractivity contribution is -0.582. The summed E-state index contributed by atoms with van der Waals surface area (Å²) in [5, 5.41) is 1.58. The molecule has 1 aliphatic heterocycles. The van der Waals surface area contributed by atoms with Gasteiger partial charge in [0.1, 0.15) is 6.04 Å². The standard InChI is InChI=1S/C10H20NS/c1-7(2)10-11(8(3)4)9(5)6-12-10/h7-9H,6H2,1-5H3/q+1/t9-/m0/s1. The van der Waals surface area contributed by atoms with Crippen LogP contribution in [0.1, 0.15) is 34.6 Å². The van der Waals surface area contributed by atoms with Crippen LogP contribution in [-0.4, -0.2) is 27.5 Å². The zero-order chi connectivity index (χ0) is 9.30. The summed E-state index contributed by atoms with van der Waals surface area (Å²) in [4.78, 5) is 0. The summed E-state index contributed by atoms with van der Waals surface area (Å²) in [7, 11) is 0. The molecule has 1 rings (SSSR count). The second kappa shape index (κ2) is 3.82. The van der Waals surface area contributed by atoms with Gasteiger partial charge in [-0.1, -0.05) is 25.6 Å². The Balaban J connectivity index is 2.90. The Kier molecular flexibility index (Phi) is 3.22. The van der Waals surface area contributed by atoms with Crippen LogP contribution in [0.5, 0.6) is 0 Å². The molecule has 0 fully saturated rings. The van der Waals surface area contributed by atoms with Crippen molar-refractivity contribution in [1.82, 2.24) is 0 Å². The molecule has 0 saturated carbocycles. The first-order valence-electron chi connectivity index (χ1n) is 4.82. The van der Waals surface area contributed by atoms with Gasteiger partial charge in [0.25, 0.3) is 0 Å². The lowest BCUT2D eigenvalue weighted by Crippen LogP contribution is -2.31. The van der Waals surface area contributed by atoms with E-state index in [4.69, 9.17) is 0 Å². The Labute approximate surface area is 80.2 Å². The van der Waals surface area contributed by atoms with Gasteiger partial charge >= 0.3 is 0 Å². The summed E-state index contributed by atoms with van der Waals surface area (Å²) < 4.78 is 2.56. The van der Waals surface area contributed by atoms with E-state index in [0.717, 1.165) is 6.04 Å². The average molecular weight is 186 g/mol. The quantitative estimate of drug-likeness (QED) is 0.599. The van der Waals surface area contributed by atoms with Crippen molar-refractivity contribution in [3.05, 3.63) is 0 Å². The van der Waals surface area contributed by atoms with E-state index >= 15 is 0 Å². The summed E-state index contributed by atoms with van der Waals surface area (Å²) >= 11 is 2.04. The third kappa shape index (κ3) is 1.85. The number of rotatable bonds is 2. The number of thioether (sulfide) groups is 1. The SMILES string of the molecule is CC(C)C1=[N+](C(C)C)[C@@H](C)CS1. The van der Waals surface area contributed by atoms with Gasteiger partial charge in [-0.15, -0.1) is 0 Å². The molecule has 1 aliphatic rings. The molecule has 2 heteroatoms. The van der Waals surface area contributed by atoms with Gasteiger partial charge in [0.05, 0.1) is 5.75 Å². The van der Waals surface area contributed by atoms with E-state index in [2.05, 4.69) is 39.2 Å². The van der Waals surface area contributed by atoms with Crippen molar-refractivity contribution >= 4 is 16.8 Å². The van der Waals surface area contributed by atoms with Crippen LogP contribution in [0.3, 0.4) is 0 Å². The molecular weight excluding hydrogens is 166 g/mol. The molecule has 0 saturated heterocycles. The largest absolute Gasteiger partial charge is 0.222 e. The maximum Gasteiger partial charge on any atom is 0.213 e. The van der Waals surface area contributed by atoms with Crippen molar-refractivity contribution < 1.29 is 4.58 Å². The highest BCUT2D eigenvalue weighted by atomic mass is 32.2. The van der Waals surface area contributed by atoms with Crippen molar-refractivity contribution in [1.29, 1.82) is 0 Å². The molecule has 0 bridgehead atoms. The molecule has 1 heterocycles. The highest BCUT2D eigenvalue weighted by Gasteiger charge is 2.33. The summed E-state index contributed by atoms with van der Waals surface area (Å²) in [6.45, 7) is 11.5. The maximum absolute atomic E-state index is 2.56. The molecule has 0 aromatic rings. The Hall–Kier alpha value is 0.0200. The van der Waals surface area contributed by atoms with E-state index in [-0.39, 0.29) is 0 Å². The van der Waals surface area contributed by atoms with Gasteiger partial charge in [-0.2, -0.15) is 0 Å². The zero-order valence-electron chi connectivity index (χ0n) is 8.79. The summed E-state index contributed by atoms with van der Waals surface area (Å²) in [5.41, 5.74) is 0. The van der Waals surface area contributed by atoms with E-state index in [0.29, 0.717) is 12.0 Å². The number of hydrogen-bond donors (Lipinski definition) is 0. The first-order valence-corrected chi connectivity index (χ1v) is 5.80. The number of hydrogen-bond acceptors (Lipinski definition) is 1. The van der Waals surface area contributed by atoms with Gasteiger partial charge in [-0.25, -0.2) is 4.58 Å². The first-order chi connectivity index (χ1) is 5.54. The lowest BCUT2D eigenvalue weighted by Gasteiger charge is -2.10. The smallest absolute Gasteiger partial charge is 0.213 e. The predicted octanol–water partition coefficient (Wildman–Crippen LogP) is 2.60. The minimum Gasteiger partial charge on any atom is -0.222 e. The highest BCUT2D eigenvalue weighted by Crippen LogP contribution is 2.24. The lowest BCUT2D eigenvalue weighted by atomic mass is 10.2. The minimum atomic E-state index is 0.660. The van der Waals surface area contributed by atoms with Gasteiger partial charge < -0.3 is 0 Å². The fourth-order valence-corrected chi connectivity index (χ4v) is 3.25. The molecule has 1 nitrogen and oxygen atoms in total. The van der Waals surface area contributed by atoms with Crippen LogP contribution in [-0.2, 0) is 0 Å². The molecule has 1 atom stereocenters. The van der Waals surface area contributed by atoms with E-state index < -0.39 is 0 Å². The molecule has 0 aromatic heterocycles. The Morgan fingerprint density at radius 1 is 1.33 bits per heavy atom. The Bertz CT molecular complexity index is 194. The van der Waals surface area contributed by atoms with E-state index in [1.165, 1.54) is 5.75 Å². The molecule has 70 valence electrons. The fraction of sp³-hybridized carbons (Fsp3) is 0.900. The monoisotopic (exact) mass is 186 g/mol. The third-order valence-electron chi connectivity index (χ3n) is 2.25. The normalized spacial score (nSPS) is 24.8. The van der Waals surface area contributed by atoms with Crippen molar-refractivity contribution in [2.24, 2.45) is 5.92 Å². The second-order valence-electron chi connectivity index (χ2n) is 4.15. The first kappa shape index (κ1) is 10.1. The molecule has 0 unspecified atom stereocenters. The molecule has 0 aliphatic carbocycles. The zero-order valence-corrected chi connectivity index (χ0v) is 9.61. The van der Waals surface area contributed by atoms with Crippen molar-refractivity contribution in [3.8, 4) is 0 Å². The number of nitrogens with zero attached hydrogens (tertiary/aromatic N) is 1. The Morgan fingerprint density at radius 3 is 2.25 bits per heavy atom. The van der Waals surface area contributed by atoms with Gasteiger partial charge in [0, 0.05) is 5.92 Å². The van der Waals surface area contributed by atoms with Gasteiger partial charge in [0.2, 0.25) is 5.04 Å². The van der Waals surface area contributed by atoms with Crippen molar-refractivity contribution in [2.45, 2.75) is 46.7 Å². The van der Waals surface area contributed by atoms with Crippen LogP contribution in [0.15, 0.2) is 0 Å².